The molecule has 0 aliphatic carbocycles. The van der Waals surface area contributed by atoms with Crippen molar-refractivity contribution in [3.8, 4) is 0 Å². The number of carbonyl (C=O) groups is 3. The minimum atomic E-state index is -0.696. The highest BCUT2D eigenvalue weighted by Crippen LogP contribution is 2.08. The molecule has 0 aromatic carbocycles. The van der Waals surface area contributed by atoms with E-state index in [4.69, 9.17) is 9.15 Å². The minimum absolute atomic E-state index is 0.437. The third kappa shape index (κ3) is 5.44. The van der Waals surface area contributed by atoms with Gasteiger partial charge in [0.05, 0.1) is 4.88 Å². The molecule has 2 amide bonds. The van der Waals surface area contributed by atoms with E-state index < -0.39 is 24.4 Å². The molecule has 120 valence electrons. The van der Waals surface area contributed by atoms with Crippen LogP contribution in [0.3, 0.4) is 0 Å². The van der Waals surface area contributed by atoms with Crippen LogP contribution < -0.4 is 10.9 Å². The number of nitrogens with one attached hydrogen (secondary N) is 2. The summed E-state index contributed by atoms with van der Waals surface area (Å²) in [7, 11) is 0. The van der Waals surface area contributed by atoms with Gasteiger partial charge in [0.2, 0.25) is 0 Å². The van der Waals surface area contributed by atoms with E-state index in [1.54, 1.807) is 36.6 Å². The molecule has 2 rings (SSSR count). The van der Waals surface area contributed by atoms with Crippen LogP contribution in [0.25, 0.3) is 6.08 Å². The highest BCUT2D eigenvalue weighted by molar-refractivity contribution is 7.12. The van der Waals surface area contributed by atoms with Gasteiger partial charge in [0.1, 0.15) is 11.5 Å². The van der Waals surface area contributed by atoms with Crippen molar-refractivity contribution < 1.29 is 23.5 Å². The minimum Gasteiger partial charge on any atom is -0.462 e. The largest absolute Gasteiger partial charge is 0.462 e. The molecule has 0 spiro atoms. The summed E-state index contributed by atoms with van der Waals surface area (Å²) >= 11 is 1.24. The van der Waals surface area contributed by atoms with Gasteiger partial charge in [-0.3, -0.25) is 20.4 Å². The number of esters is 1. The van der Waals surface area contributed by atoms with Gasteiger partial charge in [0.25, 0.3) is 11.8 Å². The molecule has 2 aromatic rings. The van der Waals surface area contributed by atoms with Crippen molar-refractivity contribution in [3.63, 3.8) is 0 Å². The Kier molecular flexibility index (Phi) is 5.70. The molecular formula is C15H14N2O5S. The van der Waals surface area contributed by atoms with Crippen LogP contribution in [0.1, 0.15) is 21.2 Å². The zero-order chi connectivity index (χ0) is 16.7. The number of hydrazine groups is 1. The second-order valence-corrected chi connectivity index (χ2v) is 5.32. The molecule has 2 aromatic heterocycles. The smallest absolute Gasteiger partial charge is 0.331 e. The van der Waals surface area contributed by atoms with E-state index in [0.717, 1.165) is 11.8 Å². The van der Waals surface area contributed by atoms with Crippen molar-refractivity contribution in [3.05, 3.63) is 52.1 Å². The summed E-state index contributed by atoms with van der Waals surface area (Å²) in [5.41, 5.74) is 4.37. The summed E-state index contributed by atoms with van der Waals surface area (Å²) in [6, 6.07) is 6.80. The third-order valence-electron chi connectivity index (χ3n) is 2.55. The molecule has 2 heterocycles. The summed E-state index contributed by atoms with van der Waals surface area (Å²) in [5, 5.41) is 1.74. The van der Waals surface area contributed by atoms with Gasteiger partial charge in [-0.2, -0.15) is 0 Å². The fraction of sp³-hybridized carbons (Fsp3) is 0.133. The normalized spacial score (nSPS) is 10.5. The van der Waals surface area contributed by atoms with Crippen LogP contribution >= 0.6 is 11.3 Å². The number of rotatable bonds is 5. The first-order valence-electron chi connectivity index (χ1n) is 6.58. The Labute approximate surface area is 135 Å². The van der Waals surface area contributed by atoms with Gasteiger partial charge in [0.15, 0.2) is 6.61 Å². The standard InChI is InChI=1S/C15H14N2O5S/c1-10-4-5-11(22-10)6-7-14(19)21-9-13(18)16-17-15(20)12-3-2-8-23-12/h2-8H,9H2,1H3,(H,16,18)(H,17,20). The Balaban J connectivity index is 1.68. The average molecular weight is 334 g/mol. The van der Waals surface area contributed by atoms with Gasteiger partial charge in [-0.1, -0.05) is 6.07 Å². The molecule has 8 heteroatoms. The molecule has 0 aliphatic rings. The third-order valence-corrected chi connectivity index (χ3v) is 3.42. The highest BCUT2D eigenvalue weighted by Gasteiger charge is 2.09. The summed E-state index contributed by atoms with van der Waals surface area (Å²) in [6.07, 6.45) is 2.58. The summed E-state index contributed by atoms with van der Waals surface area (Å²) in [5.74, 6) is -0.553. The summed E-state index contributed by atoms with van der Waals surface area (Å²) in [6.45, 7) is 1.27. The van der Waals surface area contributed by atoms with Gasteiger partial charge in [0, 0.05) is 6.08 Å². The average Bonchev–Trinajstić information content (AvgIpc) is 3.20. The molecule has 0 saturated carbocycles. The number of furan rings is 1. The lowest BCUT2D eigenvalue weighted by molar-refractivity contribution is -0.144. The molecule has 0 saturated heterocycles. The van der Waals surface area contributed by atoms with Crippen LogP contribution in [0.4, 0.5) is 0 Å². The Morgan fingerprint density at radius 1 is 1.26 bits per heavy atom. The number of ether oxygens (including phenoxy) is 1. The monoisotopic (exact) mass is 334 g/mol. The van der Waals surface area contributed by atoms with E-state index >= 15 is 0 Å². The molecule has 0 atom stereocenters. The van der Waals surface area contributed by atoms with E-state index in [9.17, 15) is 14.4 Å². The van der Waals surface area contributed by atoms with Gasteiger partial charge in [-0.05, 0) is 36.6 Å². The maximum Gasteiger partial charge on any atom is 0.331 e. The first-order valence-corrected chi connectivity index (χ1v) is 7.46. The fourth-order valence-electron chi connectivity index (χ4n) is 1.51. The zero-order valence-corrected chi connectivity index (χ0v) is 13.0. The molecule has 2 N–H and O–H groups in total. The van der Waals surface area contributed by atoms with Crippen LogP contribution in [0.5, 0.6) is 0 Å². The van der Waals surface area contributed by atoms with E-state index in [1.807, 2.05) is 0 Å². The van der Waals surface area contributed by atoms with E-state index in [-0.39, 0.29) is 0 Å². The van der Waals surface area contributed by atoms with Crippen molar-refractivity contribution in [2.24, 2.45) is 0 Å². The Morgan fingerprint density at radius 3 is 2.74 bits per heavy atom. The Bertz CT molecular complexity index is 718. The maximum absolute atomic E-state index is 11.6. The van der Waals surface area contributed by atoms with Crippen molar-refractivity contribution in [2.75, 3.05) is 6.61 Å². The topological polar surface area (TPSA) is 97.6 Å². The van der Waals surface area contributed by atoms with Crippen molar-refractivity contribution >= 4 is 35.2 Å². The van der Waals surface area contributed by atoms with Crippen LogP contribution in [-0.2, 0) is 14.3 Å². The fourth-order valence-corrected chi connectivity index (χ4v) is 2.13. The van der Waals surface area contributed by atoms with Gasteiger partial charge >= 0.3 is 5.97 Å². The van der Waals surface area contributed by atoms with E-state index in [0.29, 0.717) is 10.6 Å². The van der Waals surface area contributed by atoms with Crippen molar-refractivity contribution in [1.82, 2.24) is 10.9 Å². The number of hydrogen-bond donors (Lipinski definition) is 2. The van der Waals surface area contributed by atoms with Crippen LogP contribution in [-0.4, -0.2) is 24.4 Å². The second-order valence-electron chi connectivity index (χ2n) is 4.37. The van der Waals surface area contributed by atoms with Gasteiger partial charge in [-0.25, -0.2) is 4.79 Å². The van der Waals surface area contributed by atoms with Crippen LogP contribution in [0, 0.1) is 6.92 Å². The van der Waals surface area contributed by atoms with Gasteiger partial charge < -0.3 is 9.15 Å². The van der Waals surface area contributed by atoms with E-state index in [1.165, 1.54) is 17.4 Å². The zero-order valence-electron chi connectivity index (χ0n) is 12.2. The van der Waals surface area contributed by atoms with E-state index in [2.05, 4.69) is 10.9 Å². The quantitative estimate of drug-likeness (QED) is 0.492. The van der Waals surface area contributed by atoms with Crippen molar-refractivity contribution in [2.45, 2.75) is 6.92 Å². The number of carbonyl (C=O) groups excluding carboxylic acids is 3. The van der Waals surface area contributed by atoms with Crippen LogP contribution in [0.2, 0.25) is 0 Å². The summed E-state index contributed by atoms with van der Waals surface area (Å²) in [4.78, 5) is 34.9. The molecule has 0 radical (unpaired) electrons. The molecule has 0 aliphatic heterocycles. The Morgan fingerprint density at radius 2 is 2.09 bits per heavy atom. The predicted molar refractivity (Wildman–Crippen MR) is 83.4 cm³/mol. The number of hydrogen-bond acceptors (Lipinski definition) is 6. The maximum atomic E-state index is 11.6. The number of thiophene rings is 1. The molecule has 23 heavy (non-hydrogen) atoms. The molecule has 0 bridgehead atoms. The molecule has 0 unspecified atom stereocenters. The number of amides is 2. The SMILES string of the molecule is Cc1ccc(C=CC(=O)OCC(=O)NNC(=O)c2cccs2)o1. The highest BCUT2D eigenvalue weighted by atomic mass is 32.1. The Hall–Kier alpha value is -2.87. The lowest BCUT2D eigenvalue weighted by atomic mass is 10.4. The first-order chi connectivity index (χ1) is 11.0. The second kappa shape index (κ2) is 7.95. The first kappa shape index (κ1) is 16.5. The van der Waals surface area contributed by atoms with Crippen molar-refractivity contribution in [1.29, 1.82) is 0 Å². The van der Waals surface area contributed by atoms with Crippen LogP contribution in [0.15, 0.2) is 40.1 Å². The predicted octanol–water partition coefficient (Wildman–Crippen LogP) is 1.67. The molecule has 7 nitrogen and oxygen atoms in total. The summed E-state index contributed by atoms with van der Waals surface area (Å²) < 4.78 is 9.97. The number of aryl methyl sites for hydroxylation is 1. The lowest BCUT2D eigenvalue weighted by Gasteiger charge is -2.06. The lowest BCUT2D eigenvalue weighted by Crippen LogP contribution is -2.43. The van der Waals surface area contributed by atoms with Gasteiger partial charge in [-0.15, -0.1) is 11.3 Å². The molecular weight excluding hydrogens is 320 g/mol. The molecule has 0 fully saturated rings.